The number of para-hydroxylation sites is 1. The Morgan fingerprint density at radius 3 is 2.67 bits per heavy atom. The largest absolute Gasteiger partial charge is 0.330 e. The van der Waals surface area contributed by atoms with Crippen molar-refractivity contribution in [1.82, 2.24) is 9.66 Å². The molecule has 0 amide bonds. The number of hydrogen-bond acceptors (Lipinski definition) is 3. The highest BCUT2D eigenvalue weighted by Gasteiger charge is 2.05. The van der Waals surface area contributed by atoms with Crippen molar-refractivity contribution in [2.24, 2.45) is 0 Å². The Morgan fingerprint density at radius 2 is 2.00 bits per heavy atom. The van der Waals surface area contributed by atoms with E-state index in [1.807, 2.05) is 18.2 Å². The number of benzene rings is 1. The number of hydrogen-bond donors (Lipinski definition) is 1. The molecule has 5 heteroatoms. The standard InChI is InChI=1S/C10H11N3OS/c1-12(2)13-9(14)7-5-3-4-6-8(7)11-10(13)15/h3-6H,1-2H3,(H,11,15). The van der Waals surface area contributed by atoms with E-state index < -0.39 is 0 Å². The van der Waals surface area contributed by atoms with Gasteiger partial charge in [-0.25, -0.2) is 0 Å². The first-order valence-electron chi connectivity index (χ1n) is 4.53. The molecule has 0 fully saturated rings. The molecule has 1 aromatic heterocycles. The molecule has 1 N–H and O–H groups in total. The van der Waals surface area contributed by atoms with E-state index in [0.717, 1.165) is 5.52 Å². The van der Waals surface area contributed by atoms with Gasteiger partial charge in [0, 0.05) is 14.1 Å². The normalized spacial score (nSPS) is 10.5. The van der Waals surface area contributed by atoms with Gasteiger partial charge in [-0.3, -0.25) is 4.79 Å². The smallest absolute Gasteiger partial charge is 0.280 e. The number of rotatable bonds is 1. The van der Waals surface area contributed by atoms with Crippen molar-refractivity contribution >= 4 is 23.1 Å². The van der Waals surface area contributed by atoms with Gasteiger partial charge in [0.05, 0.1) is 10.9 Å². The third-order valence-electron chi connectivity index (χ3n) is 2.18. The highest BCUT2D eigenvalue weighted by atomic mass is 32.1. The van der Waals surface area contributed by atoms with Crippen LogP contribution in [-0.2, 0) is 0 Å². The highest BCUT2D eigenvalue weighted by molar-refractivity contribution is 7.71. The summed E-state index contributed by atoms with van der Waals surface area (Å²) in [5.74, 6) is 0. The van der Waals surface area contributed by atoms with Crippen molar-refractivity contribution in [3.05, 3.63) is 39.4 Å². The van der Waals surface area contributed by atoms with E-state index in [-0.39, 0.29) is 5.56 Å². The first kappa shape index (κ1) is 9.92. The second-order valence-corrected chi connectivity index (χ2v) is 3.83. The lowest BCUT2D eigenvalue weighted by Gasteiger charge is -2.15. The van der Waals surface area contributed by atoms with Crippen LogP contribution in [0.1, 0.15) is 0 Å². The molecule has 1 heterocycles. The van der Waals surface area contributed by atoms with Crippen molar-refractivity contribution in [2.45, 2.75) is 0 Å². The molecule has 0 aliphatic rings. The zero-order valence-electron chi connectivity index (χ0n) is 8.52. The monoisotopic (exact) mass is 221 g/mol. The molecule has 0 saturated carbocycles. The molecule has 78 valence electrons. The third kappa shape index (κ3) is 1.55. The van der Waals surface area contributed by atoms with Crippen molar-refractivity contribution in [3.8, 4) is 0 Å². The molecule has 0 bridgehead atoms. The van der Waals surface area contributed by atoms with Gasteiger partial charge in [0.2, 0.25) is 0 Å². The van der Waals surface area contributed by atoms with E-state index in [9.17, 15) is 4.79 Å². The van der Waals surface area contributed by atoms with Gasteiger partial charge in [0.15, 0.2) is 4.77 Å². The van der Waals surface area contributed by atoms with E-state index in [1.54, 1.807) is 25.2 Å². The number of fused-ring (bicyclic) bond motifs is 1. The fourth-order valence-electron chi connectivity index (χ4n) is 1.52. The van der Waals surface area contributed by atoms with Crippen LogP contribution in [0.2, 0.25) is 0 Å². The molecule has 0 radical (unpaired) electrons. The summed E-state index contributed by atoms with van der Waals surface area (Å²) in [6, 6.07) is 7.32. The molecular weight excluding hydrogens is 210 g/mol. The Kier molecular flexibility index (Phi) is 2.32. The summed E-state index contributed by atoms with van der Waals surface area (Å²) in [6.07, 6.45) is 0. The van der Waals surface area contributed by atoms with Crippen LogP contribution in [0.3, 0.4) is 0 Å². The number of nitrogens with one attached hydrogen (secondary N) is 1. The number of aromatic amines is 1. The zero-order valence-corrected chi connectivity index (χ0v) is 9.34. The Balaban J connectivity index is 2.97. The summed E-state index contributed by atoms with van der Waals surface area (Å²) in [5, 5.41) is 2.30. The Hall–Kier alpha value is -1.62. The van der Waals surface area contributed by atoms with Gasteiger partial charge in [-0.2, -0.15) is 4.68 Å². The Morgan fingerprint density at radius 1 is 1.33 bits per heavy atom. The van der Waals surface area contributed by atoms with E-state index in [2.05, 4.69) is 4.98 Å². The van der Waals surface area contributed by atoms with Gasteiger partial charge in [0.25, 0.3) is 5.56 Å². The van der Waals surface area contributed by atoms with E-state index in [4.69, 9.17) is 12.2 Å². The highest BCUT2D eigenvalue weighted by Crippen LogP contribution is 2.05. The molecule has 0 unspecified atom stereocenters. The minimum absolute atomic E-state index is 0.0978. The summed E-state index contributed by atoms with van der Waals surface area (Å²) in [5.41, 5.74) is 0.671. The lowest BCUT2D eigenvalue weighted by molar-refractivity contribution is 0.680. The van der Waals surface area contributed by atoms with E-state index in [1.165, 1.54) is 4.68 Å². The number of nitrogens with zero attached hydrogens (tertiary/aromatic N) is 2. The molecule has 0 atom stereocenters. The zero-order chi connectivity index (χ0) is 11.0. The lowest BCUT2D eigenvalue weighted by Crippen LogP contribution is -2.37. The second kappa shape index (κ2) is 3.51. The van der Waals surface area contributed by atoms with Crippen LogP contribution >= 0.6 is 12.2 Å². The average molecular weight is 221 g/mol. The fraction of sp³-hybridized carbons (Fsp3) is 0.200. The number of H-pyrrole nitrogens is 1. The maximum Gasteiger partial charge on any atom is 0.280 e. The molecule has 1 aromatic carbocycles. The predicted molar refractivity (Wildman–Crippen MR) is 63.5 cm³/mol. The van der Waals surface area contributed by atoms with Crippen LogP contribution in [-0.4, -0.2) is 23.8 Å². The first-order valence-corrected chi connectivity index (χ1v) is 4.94. The quantitative estimate of drug-likeness (QED) is 0.737. The first-order chi connectivity index (χ1) is 7.11. The maximum atomic E-state index is 12.0. The van der Waals surface area contributed by atoms with E-state index >= 15 is 0 Å². The van der Waals surface area contributed by atoms with Gasteiger partial charge in [-0.1, -0.05) is 12.1 Å². The molecule has 15 heavy (non-hydrogen) atoms. The van der Waals surface area contributed by atoms with Crippen molar-refractivity contribution < 1.29 is 0 Å². The topological polar surface area (TPSA) is 41.0 Å². The third-order valence-corrected chi connectivity index (χ3v) is 2.46. The van der Waals surface area contributed by atoms with Gasteiger partial charge in [0.1, 0.15) is 0 Å². The molecule has 2 rings (SSSR count). The van der Waals surface area contributed by atoms with Gasteiger partial charge in [-0.15, -0.1) is 0 Å². The minimum atomic E-state index is -0.0978. The Labute approximate surface area is 91.7 Å². The second-order valence-electron chi connectivity index (χ2n) is 3.44. The Bertz CT molecular complexity index is 612. The van der Waals surface area contributed by atoms with Crippen LogP contribution in [0.5, 0.6) is 0 Å². The van der Waals surface area contributed by atoms with Crippen molar-refractivity contribution in [2.75, 3.05) is 19.1 Å². The minimum Gasteiger partial charge on any atom is -0.330 e. The summed E-state index contributed by atoms with van der Waals surface area (Å²) in [7, 11) is 3.56. The summed E-state index contributed by atoms with van der Waals surface area (Å²) < 4.78 is 1.83. The predicted octanol–water partition coefficient (Wildman–Crippen LogP) is 1.26. The summed E-state index contributed by atoms with van der Waals surface area (Å²) >= 11 is 5.11. The average Bonchev–Trinajstić information content (AvgIpc) is 2.17. The summed E-state index contributed by atoms with van der Waals surface area (Å²) in [4.78, 5) is 15.0. The number of aromatic nitrogens is 2. The molecule has 0 spiro atoms. The molecule has 4 nitrogen and oxygen atoms in total. The van der Waals surface area contributed by atoms with Crippen molar-refractivity contribution in [1.29, 1.82) is 0 Å². The molecule has 0 aliphatic carbocycles. The summed E-state index contributed by atoms with van der Waals surface area (Å²) in [6.45, 7) is 0. The van der Waals surface area contributed by atoms with Crippen LogP contribution < -0.4 is 10.6 Å². The lowest BCUT2D eigenvalue weighted by atomic mass is 10.2. The van der Waals surface area contributed by atoms with Crippen LogP contribution in [0.25, 0.3) is 10.9 Å². The van der Waals surface area contributed by atoms with Crippen LogP contribution in [0.4, 0.5) is 0 Å². The SMILES string of the molecule is CN(C)n1c(=S)[nH]c2ccccc2c1=O. The van der Waals surface area contributed by atoms with Crippen LogP contribution in [0, 0.1) is 4.77 Å². The molecule has 0 saturated heterocycles. The van der Waals surface area contributed by atoms with Crippen LogP contribution in [0.15, 0.2) is 29.1 Å². The molecule has 2 aromatic rings. The molecule has 0 aliphatic heterocycles. The van der Waals surface area contributed by atoms with Gasteiger partial charge < -0.3 is 9.99 Å². The maximum absolute atomic E-state index is 12.0. The van der Waals surface area contributed by atoms with Crippen molar-refractivity contribution in [3.63, 3.8) is 0 Å². The molecular formula is C10H11N3OS. The van der Waals surface area contributed by atoms with Gasteiger partial charge >= 0.3 is 0 Å². The van der Waals surface area contributed by atoms with Gasteiger partial charge in [-0.05, 0) is 24.4 Å². The fourth-order valence-corrected chi connectivity index (χ4v) is 1.87. The van der Waals surface area contributed by atoms with E-state index in [0.29, 0.717) is 10.2 Å².